The number of carbonyl (C=O) groups excluding carboxylic acids is 1. The molecule has 1 amide bonds. The molecule has 2 heterocycles. The first-order valence-corrected chi connectivity index (χ1v) is 16.6. The van der Waals surface area contributed by atoms with Crippen LogP contribution in [0.25, 0.3) is 0 Å². The van der Waals surface area contributed by atoms with Gasteiger partial charge in [0.15, 0.2) is 0 Å². The lowest BCUT2D eigenvalue weighted by Gasteiger charge is -2.54. The summed E-state index contributed by atoms with van der Waals surface area (Å²) >= 11 is 0. The van der Waals surface area contributed by atoms with Crippen molar-refractivity contribution in [3.63, 3.8) is 0 Å². The van der Waals surface area contributed by atoms with Gasteiger partial charge in [0.2, 0.25) is 5.79 Å². The second kappa shape index (κ2) is 14.3. The van der Waals surface area contributed by atoms with Crippen LogP contribution in [-0.4, -0.2) is 144 Å². The number of carbonyl (C=O) groups is 1. The van der Waals surface area contributed by atoms with E-state index in [1.165, 1.54) is 6.92 Å². The molecule has 2 aliphatic heterocycles. The lowest BCUT2D eigenvalue weighted by Crippen LogP contribution is -2.84. The van der Waals surface area contributed by atoms with E-state index in [9.17, 15) is 69.7 Å². The van der Waals surface area contributed by atoms with Crippen molar-refractivity contribution in [1.29, 1.82) is 0 Å². The van der Waals surface area contributed by atoms with Gasteiger partial charge in [-0.25, -0.2) is 26.1 Å². The summed E-state index contributed by atoms with van der Waals surface area (Å²) in [5.74, 6) is -31.8. The highest BCUT2D eigenvalue weighted by Gasteiger charge is 2.84. The van der Waals surface area contributed by atoms with E-state index in [0.717, 1.165) is 5.56 Å². The van der Waals surface area contributed by atoms with Crippen molar-refractivity contribution < 1.29 is 74.6 Å². The van der Waals surface area contributed by atoms with Crippen LogP contribution in [-0.2, 0) is 16.1 Å². The highest BCUT2D eigenvalue weighted by molar-refractivity contribution is 5.80. The summed E-state index contributed by atoms with van der Waals surface area (Å²) in [7, 11) is 0. The van der Waals surface area contributed by atoms with Gasteiger partial charge in [0.05, 0.1) is 18.2 Å². The molecule has 10 unspecified atom stereocenters. The third kappa shape index (κ3) is 7.26. The predicted molar refractivity (Wildman–Crippen MR) is 168 cm³/mol. The minimum Gasteiger partial charge on any atom is -0.386 e. The Morgan fingerprint density at radius 1 is 1.00 bits per heavy atom. The maximum absolute atomic E-state index is 14.5. The van der Waals surface area contributed by atoms with Gasteiger partial charge in [0.25, 0.3) is 29.4 Å². The molecular formula is C31H51F2N5O13. The molecule has 292 valence electrons. The van der Waals surface area contributed by atoms with Crippen LogP contribution in [0.5, 0.6) is 0 Å². The SMILES string of the molecule is CC1CC(CC(C)N2C(C)NNC2C(C)C(O)(O)O)N(C(O)(CCc2ccccc2)ONC(=O)C2C(O)C(O)(O)C(F)(F)C(O)(O)C2(O)O)C1C. The Morgan fingerprint density at radius 3 is 2.16 bits per heavy atom. The number of aliphatic hydroxyl groups is 11. The molecule has 0 radical (unpaired) electrons. The number of hydrogen-bond acceptors (Lipinski definition) is 17. The first-order chi connectivity index (χ1) is 23.2. The molecule has 3 fully saturated rings. The molecule has 1 aliphatic carbocycles. The molecule has 10 atom stereocenters. The smallest absolute Gasteiger partial charge is 0.360 e. The van der Waals surface area contributed by atoms with E-state index in [1.807, 2.05) is 18.7 Å². The fourth-order valence-electron chi connectivity index (χ4n) is 7.57. The van der Waals surface area contributed by atoms with Gasteiger partial charge in [0.1, 0.15) is 12.0 Å². The van der Waals surface area contributed by atoms with Gasteiger partial charge < -0.3 is 56.2 Å². The molecule has 14 N–H and O–H groups in total. The third-order valence-electron chi connectivity index (χ3n) is 10.9. The maximum atomic E-state index is 14.5. The maximum Gasteiger partial charge on any atom is 0.360 e. The summed E-state index contributed by atoms with van der Waals surface area (Å²) in [6.07, 6.45) is -3.95. The van der Waals surface area contributed by atoms with Gasteiger partial charge in [0, 0.05) is 24.5 Å². The number of amides is 1. The van der Waals surface area contributed by atoms with Crippen molar-refractivity contribution in [2.75, 3.05) is 0 Å². The Balaban J connectivity index is 1.65. The monoisotopic (exact) mass is 739 g/mol. The normalized spacial score (nSPS) is 34.5. The lowest BCUT2D eigenvalue weighted by molar-refractivity contribution is -0.517. The zero-order chi connectivity index (χ0) is 38.7. The number of aliphatic hydroxyl groups excluding tert-OH is 1. The first kappa shape index (κ1) is 41.7. The van der Waals surface area contributed by atoms with Gasteiger partial charge in [-0.1, -0.05) is 44.2 Å². The van der Waals surface area contributed by atoms with Crippen molar-refractivity contribution in [2.45, 2.75) is 132 Å². The summed E-state index contributed by atoms with van der Waals surface area (Å²) in [5, 5.41) is 113. The van der Waals surface area contributed by atoms with Crippen molar-refractivity contribution in [3.8, 4) is 0 Å². The van der Waals surface area contributed by atoms with E-state index in [2.05, 4.69) is 10.9 Å². The van der Waals surface area contributed by atoms with Gasteiger partial charge in [-0.05, 0) is 51.5 Å². The van der Waals surface area contributed by atoms with E-state index in [-0.39, 0.29) is 37.4 Å². The minimum atomic E-state index is -5.59. The number of hydrogen-bond donors (Lipinski definition) is 14. The fourth-order valence-corrected chi connectivity index (χ4v) is 7.57. The van der Waals surface area contributed by atoms with Gasteiger partial charge in [-0.15, -0.1) is 0 Å². The molecule has 18 nitrogen and oxygen atoms in total. The van der Waals surface area contributed by atoms with Crippen molar-refractivity contribution in [2.24, 2.45) is 17.8 Å². The Labute approximate surface area is 292 Å². The second-order valence-corrected chi connectivity index (χ2v) is 14.4. The number of halogens is 2. The van der Waals surface area contributed by atoms with Crippen LogP contribution < -0.4 is 16.3 Å². The van der Waals surface area contributed by atoms with Crippen LogP contribution >= 0.6 is 0 Å². The molecule has 51 heavy (non-hydrogen) atoms. The Hall–Kier alpha value is -2.09. The Morgan fingerprint density at radius 2 is 1.59 bits per heavy atom. The topological polar surface area (TPSA) is 291 Å². The standard InChI is InChI=1S/C31H51F2N5O13/c1-15-13-21(14-16(2)37-19(5)34-35-24(37)17(3)29(46,47)48)38(18(15)4)26(41,12-11-20-9-7-6-8-10-20)51-36-25(40)22-23(39)28(44,45)30(32,33)31(49,50)27(22,42)43/h6-10,15-19,21-24,34-35,39,41-50H,11-14H2,1-5H3,(H,36,40). The lowest BCUT2D eigenvalue weighted by atomic mass is 9.70. The van der Waals surface area contributed by atoms with Crippen molar-refractivity contribution in [1.82, 2.24) is 26.1 Å². The van der Waals surface area contributed by atoms with Crippen LogP contribution in [0.4, 0.5) is 8.78 Å². The summed E-state index contributed by atoms with van der Waals surface area (Å²) < 4.78 is 29.1. The van der Waals surface area contributed by atoms with Gasteiger partial charge >= 0.3 is 5.92 Å². The zero-order valence-corrected chi connectivity index (χ0v) is 28.8. The summed E-state index contributed by atoms with van der Waals surface area (Å²) in [5.41, 5.74) is 8.35. The summed E-state index contributed by atoms with van der Waals surface area (Å²) in [6, 6.07) is 7.36. The average Bonchev–Trinajstić information content (AvgIpc) is 3.55. The zero-order valence-electron chi connectivity index (χ0n) is 28.8. The molecule has 0 aromatic heterocycles. The van der Waals surface area contributed by atoms with E-state index in [4.69, 9.17) is 4.84 Å². The number of aryl methyl sites for hydroxylation is 1. The van der Waals surface area contributed by atoms with Crippen LogP contribution in [0.1, 0.15) is 59.4 Å². The predicted octanol–water partition coefficient (Wildman–Crippen LogP) is -3.79. The molecule has 0 spiro atoms. The largest absolute Gasteiger partial charge is 0.386 e. The Bertz CT molecular complexity index is 1370. The van der Waals surface area contributed by atoms with Crippen LogP contribution in [0, 0.1) is 17.8 Å². The third-order valence-corrected chi connectivity index (χ3v) is 10.9. The Kier molecular flexibility index (Phi) is 11.7. The molecule has 1 aromatic rings. The van der Waals surface area contributed by atoms with Gasteiger partial charge in [-0.2, -0.15) is 8.78 Å². The molecular weight excluding hydrogens is 688 g/mol. The number of nitrogens with zero attached hydrogens (tertiary/aromatic N) is 2. The molecule has 2 saturated heterocycles. The van der Waals surface area contributed by atoms with Crippen molar-refractivity contribution in [3.05, 3.63) is 35.9 Å². The average molecular weight is 740 g/mol. The number of alkyl halides is 2. The van der Waals surface area contributed by atoms with E-state index in [0.29, 0.717) is 6.42 Å². The fraction of sp³-hybridized carbons (Fsp3) is 0.774. The van der Waals surface area contributed by atoms with Crippen molar-refractivity contribution >= 4 is 5.91 Å². The summed E-state index contributed by atoms with van der Waals surface area (Å²) in [4.78, 5) is 22.3. The molecule has 0 bridgehead atoms. The van der Waals surface area contributed by atoms with E-state index < -0.39 is 77.3 Å². The van der Waals surface area contributed by atoms with Crippen LogP contribution in [0.3, 0.4) is 0 Å². The number of hydrazine groups is 1. The number of benzene rings is 1. The van der Waals surface area contributed by atoms with Crippen LogP contribution in [0.15, 0.2) is 30.3 Å². The number of rotatable bonds is 12. The molecule has 1 aromatic carbocycles. The highest BCUT2D eigenvalue weighted by atomic mass is 19.3. The molecule has 3 aliphatic rings. The first-order valence-electron chi connectivity index (χ1n) is 16.6. The number of likely N-dealkylation sites (tertiary alicyclic amines) is 1. The molecule has 4 rings (SSSR count). The highest BCUT2D eigenvalue weighted by Crippen LogP contribution is 2.52. The summed E-state index contributed by atoms with van der Waals surface area (Å²) in [6.45, 7) is 8.74. The number of nitrogens with one attached hydrogen (secondary N) is 3. The molecule has 20 heteroatoms. The second-order valence-electron chi connectivity index (χ2n) is 14.4. The quantitative estimate of drug-likeness (QED) is 0.0723. The minimum absolute atomic E-state index is 0.106. The number of hydroxylamine groups is 1. The van der Waals surface area contributed by atoms with E-state index in [1.54, 1.807) is 54.6 Å². The van der Waals surface area contributed by atoms with Crippen LogP contribution in [0.2, 0.25) is 0 Å². The van der Waals surface area contributed by atoms with Gasteiger partial charge in [-0.3, -0.25) is 9.69 Å². The molecule has 1 saturated carbocycles. The van der Waals surface area contributed by atoms with E-state index >= 15 is 0 Å².